The summed E-state index contributed by atoms with van der Waals surface area (Å²) in [6.45, 7) is 1.55. The van der Waals surface area contributed by atoms with Crippen molar-refractivity contribution in [1.82, 2.24) is 5.32 Å². The van der Waals surface area contributed by atoms with Crippen molar-refractivity contribution in [2.45, 2.75) is 25.3 Å². The number of hydrogen-bond acceptors (Lipinski definition) is 3. The van der Waals surface area contributed by atoms with Crippen LogP contribution in [0.15, 0.2) is 18.2 Å². The highest BCUT2D eigenvalue weighted by molar-refractivity contribution is 6.00. The van der Waals surface area contributed by atoms with E-state index in [0.717, 1.165) is 37.1 Å². The van der Waals surface area contributed by atoms with E-state index < -0.39 is 5.97 Å². The first-order chi connectivity index (χ1) is 9.16. The molecule has 1 atom stereocenters. The zero-order valence-electron chi connectivity index (χ0n) is 10.6. The summed E-state index contributed by atoms with van der Waals surface area (Å²) in [5.41, 5.74) is 2.10. The molecular weight excluding hydrogens is 244 g/mol. The molecule has 2 aliphatic rings. The number of anilines is 1. The number of aromatic carboxylic acids is 1. The summed E-state index contributed by atoms with van der Waals surface area (Å²) in [5, 5.41) is 12.2. The third kappa shape index (κ3) is 2.10. The number of amides is 1. The lowest BCUT2D eigenvalue weighted by atomic mass is 10.1. The summed E-state index contributed by atoms with van der Waals surface area (Å²) in [6.07, 6.45) is 2.65. The number of rotatable bonds is 2. The van der Waals surface area contributed by atoms with Gasteiger partial charge < -0.3 is 15.3 Å². The van der Waals surface area contributed by atoms with Gasteiger partial charge in [0.2, 0.25) is 5.91 Å². The highest BCUT2D eigenvalue weighted by Crippen LogP contribution is 2.30. The molecule has 1 saturated heterocycles. The fourth-order valence-electron chi connectivity index (χ4n) is 2.85. The van der Waals surface area contributed by atoms with Crippen molar-refractivity contribution in [2.24, 2.45) is 0 Å². The third-order valence-corrected chi connectivity index (χ3v) is 3.85. The van der Waals surface area contributed by atoms with Crippen LogP contribution < -0.4 is 10.2 Å². The van der Waals surface area contributed by atoms with Crippen molar-refractivity contribution in [3.63, 3.8) is 0 Å². The summed E-state index contributed by atoms with van der Waals surface area (Å²) in [5.74, 6) is -0.815. The van der Waals surface area contributed by atoms with Crippen LogP contribution in [0.25, 0.3) is 0 Å². The van der Waals surface area contributed by atoms with Gasteiger partial charge >= 0.3 is 5.97 Å². The second-order valence-electron chi connectivity index (χ2n) is 5.04. The Morgan fingerprint density at radius 1 is 1.37 bits per heavy atom. The molecule has 1 aromatic carbocycles. The minimum atomic E-state index is -0.926. The monoisotopic (exact) mass is 260 g/mol. The van der Waals surface area contributed by atoms with Crippen molar-refractivity contribution < 1.29 is 14.7 Å². The molecule has 0 spiro atoms. The molecule has 5 nitrogen and oxygen atoms in total. The molecule has 1 aromatic rings. The fourth-order valence-corrected chi connectivity index (χ4v) is 2.85. The molecule has 0 aliphatic carbocycles. The molecule has 2 N–H and O–H groups in total. The van der Waals surface area contributed by atoms with Crippen LogP contribution in [-0.2, 0) is 11.2 Å². The van der Waals surface area contributed by atoms with Gasteiger partial charge in [0.05, 0.1) is 11.6 Å². The molecule has 100 valence electrons. The molecular formula is C14H16N2O3. The van der Waals surface area contributed by atoms with E-state index in [4.69, 9.17) is 5.11 Å². The third-order valence-electron chi connectivity index (χ3n) is 3.85. The molecule has 0 aromatic heterocycles. The van der Waals surface area contributed by atoms with E-state index in [1.54, 1.807) is 23.1 Å². The Balaban J connectivity index is 1.85. The van der Waals surface area contributed by atoms with Gasteiger partial charge in [-0.3, -0.25) is 4.79 Å². The second-order valence-corrected chi connectivity index (χ2v) is 5.04. The first-order valence-electron chi connectivity index (χ1n) is 6.58. The molecule has 1 amide bonds. The number of carboxylic acids is 1. The van der Waals surface area contributed by atoms with Gasteiger partial charge in [0.1, 0.15) is 0 Å². The summed E-state index contributed by atoms with van der Waals surface area (Å²) < 4.78 is 0. The topological polar surface area (TPSA) is 69.6 Å². The normalized spacial score (nSPS) is 21.5. The number of carbonyl (C=O) groups excluding carboxylic acids is 1. The number of fused-ring (bicyclic) bond motifs is 1. The van der Waals surface area contributed by atoms with Crippen LogP contribution in [0.2, 0.25) is 0 Å². The second kappa shape index (κ2) is 4.66. The number of hydrogen-bond donors (Lipinski definition) is 2. The first-order valence-corrected chi connectivity index (χ1v) is 6.58. The molecule has 0 saturated carbocycles. The zero-order valence-corrected chi connectivity index (χ0v) is 10.6. The van der Waals surface area contributed by atoms with Crippen LogP contribution in [0.4, 0.5) is 5.69 Å². The van der Waals surface area contributed by atoms with E-state index in [9.17, 15) is 9.59 Å². The lowest BCUT2D eigenvalue weighted by Crippen LogP contribution is -2.42. The summed E-state index contributed by atoms with van der Waals surface area (Å²) >= 11 is 0. The molecule has 0 bridgehead atoms. The number of nitrogens with zero attached hydrogens (tertiary/aromatic N) is 1. The predicted molar refractivity (Wildman–Crippen MR) is 70.5 cm³/mol. The van der Waals surface area contributed by atoms with Crippen LogP contribution in [0.5, 0.6) is 0 Å². The van der Waals surface area contributed by atoms with Crippen LogP contribution in [0.1, 0.15) is 28.8 Å². The fraction of sp³-hybridized carbons (Fsp3) is 0.429. The summed E-state index contributed by atoms with van der Waals surface area (Å²) in [6, 6.07) is 4.91. The Labute approximate surface area is 111 Å². The summed E-state index contributed by atoms with van der Waals surface area (Å²) in [4.78, 5) is 25.1. The van der Waals surface area contributed by atoms with Crippen LogP contribution >= 0.6 is 0 Å². The molecule has 0 radical (unpaired) electrons. The van der Waals surface area contributed by atoms with Crippen molar-refractivity contribution >= 4 is 17.6 Å². The Hall–Kier alpha value is -1.88. The van der Waals surface area contributed by atoms with Gasteiger partial charge in [0.25, 0.3) is 0 Å². The molecule has 5 heteroatoms. The van der Waals surface area contributed by atoms with Crippen molar-refractivity contribution in [3.8, 4) is 0 Å². The molecule has 2 heterocycles. The quantitative estimate of drug-likeness (QED) is 0.833. The number of carbonyl (C=O) groups is 2. The molecule has 0 unspecified atom stereocenters. The van der Waals surface area contributed by atoms with Gasteiger partial charge in [-0.25, -0.2) is 4.79 Å². The predicted octanol–water partition coefficient (Wildman–Crippen LogP) is 1.03. The van der Waals surface area contributed by atoms with Gasteiger partial charge in [0, 0.05) is 12.2 Å². The van der Waals surface area contributed by atoms with Crippen LogP contribution in [0.3, 0.4) is 0 Å². The average molecular weight is 260 g/mol. The van der Waals surface area contributed by atoms with Crippen molar-refractivity contribution in [2.75, 3.05) is 18.0 Å². The highest BCUT2D eigenvalue weighted by atomic mass is 16.4. The van der Waals surface area contributed by atoms with Crippen molar-refractivity contribution in [3.05, 3.63) is 29.3 Å². The van der Waals surface area contributed by atoms with E-state index in [0.29, 0.717) is 6.54 Å². The van der Waals surface area contributed by atoms with Crippen LogP contribution in [-0.4, -0.2) is 36.1 Å². The number of carboxylic acid groups (broad SMARTS) is 1. The first kappa shape index (κ1) is 12.2. The minimum absolute atomic E-state index is 0.0786. The van der Waals surface area contributed by atoms with Gasteiger partial charge in [-0.05, 0) is 49.6 Å². The van der Waals surface area contributed by atoms with Gasteiger partial charge in [0.15, 0.2) is 0 Å². The molecule has 1 fully saturated rings. The standard InChI is InChI=1S/C14H16N2O3/c17-13(11-2-1-6-15-11)16-7-5-9-8-10(14(18)19)3-4-12(9)16/h3-4,8,11,15H,1-2,5-7H2,(H,18,19)/t11-/m1/s1. The Bertz CT molecular complexity index is 535. The number of nitrogens with one attached hydrogen (secondary N) is 1. The molecule has 3 rings (SSSR count). The average Bonchev–Trinajstić information content (AvgIpc) is 3.06. The lowest BCUT2D eigenvalue weighted by Gasteiger charge is -2.21. The van der Waals surface area contributed by atoms with E-state index in [2.05, 4.69) is 5.32 Å². The smallest absolute Gasteiger partial charge is 0.335 e. The SMILES string of the molecule is O=C(O)c1ccc2c(c1)CCN2C(=O)[C@H]1CCCN1. The Morgan fingerprint density at radius 2 is 2.21 bits per heavy atom. The highest BCUT2D eigenvalue weighted by Gasteiger charge is 2.31. The molecule has 19 heavy (non-hydrogen) atoms. The van der Waals surface area contributed by atoms with Crippen LogP contribution in [0, 0.1) is 0 Å². The van der Waals surface area contributed by atoms with E-state index in [1.165, 1.54) is 0 Å². The number of benzene rings is 1. The molecule has 2 aliphatic heterocycles. The van der Waals surface area contributed by atoms with Gasteiger partial charge in [-0.15, -0.1) is 0 Å². The van der Waals surface area contributed by atoms with E-state index in [1.807, 2.05) is 0 Å². The zero-order chi connectivity index (χ0) is 13.4. The maximum absolute atomic E-state index is 12.4. The van der Waals surface area contributed by atoms with E-state index >= 15 is 0 Å². The van der Waals surface area contributed by atoms with Crippen molar-refractivity contribution in [1.29, 1.82) is 0 Å². The van der Waals surface area contributed by atoms with Gasteiger partial charge in [-0.2, -0.15) is 0 Å². The van der Waals surface area contributed by atoms with Gasteiger partial charge in [-0.1, -0.05) is 0 Å². The van der Waals surface area contributed by atoms with E-state index in [-0.39, 0.29) is 17.5 Å². The minimum Gasteiger partial charge on any atom is -0.478 e. The largest absolute Gasteiger partial charge is 0.478 e. The maximum Gasteiger partial charge on any atom is 0.335 e. The Kier molecular flexibility index (Phi) is 2.98. The Morgan fingerprint density at radius 3 is 2.89 bits per heavy atom. The maximum atomic E-state index is 12.4. The summed E-state index contributed by atoms with van der Waals surface area (Å²) in [7, 11) is 0. The lowest BCUT2D eigenvalue weighted by molar-refractivity contribution is -0.120.